The summed E-state index contributed by atoms with van der Waals surface area (Å²) in [5, 5.41) is 0. The minimum atomic E-state index is 0.866. The molecule has 0 fully saturated rings. The van der Waals surface area contributed by atoms with Crippen molar-refractivity contribution in [2.24, 2.45) is 0 Å². The van der Waals surface area contributed by atoms with E-state index < -0.39 is 0 Å². The van der Waals surface area contributed by atoms with Crippen molar-refractivity contribution in [3.63, 3.8) is 0 Å². The summed E-state index contributed by atoms with van der Waals surface area (Å²) >= 11 is 0. The van der Waals surface area contributed by atoms with E-state index in [0.717, 1.165) is 33.8 Å². The van der Waals surface area contributed by atoms with Gasteiger partial charge < -0.3 is 8.83 Å². The van der Waals surface area contributed by atoms with Gasteiger partial charge in [0.15, 0.2) is 0 Å². The molecule has 22 heavy (non-hydrogen) atoms. The lowest BCUT2D eigenvalue weighted by molar-refractivity contribution is 0.581. The van der Waals surface area contributed by atoms with Crippen molar-refractivity contribution in [1.29, 1.82) is 0 Å². The number of hydrogen-bond donors (Lipinski definition) is 0. The van der Waals surface area contributed by atoms with Gasteiger partial charge in [0.25, 0.3) is 0 Å². The Morgan fingerprint density at radius 2 is 0.818 bits per heavy atom. The second kappa shape index (κ2) is 5.41. The van der Waals surface area contributed by atoms with Crippen LogP contribution in [0, 0.1) is 0 Å². The van der Waals surface area contributed by atoms with Crippen LogP contribution in [0.15, 0.2) is 94.2 Å². The van der Waals surface area contributed by atoms with Crippen LogP contribution in [0.1, 0.15) is 0 Å². The summed E-state index contributed by atoms with van der Waals surface area (Å²) in [6.07, 6.45) is 3.40. The van der Waals surface area contributed by atoms with Gasteiger partial charge in [-0.25, -0.2) is 0 Å². The minimum absolute atomic E-state index is 0.866. The third-order valence-electron chi connectivity index (χ3n) is 3.72. The van der Waals surface area contributed by atoms with Gasteiger partial charge in [-0.05, 0) is 35.4 Å². The summed E-state index contributed by atoms with van der Waals surface area (Å²) in [7, 11) is 0. The lowest BCUT2D eigenvalue weighted by Gasteiger charge is -2.11. The second-order valence-electron chi connectivity index (χ2n) is 5.05. The highest BCUT2D eigenvalue weighted by atomic mass is 16.3. The molecule has 2 heteroatoms. The lowest BCUT2D eigenvalue weighted by atomic mass is 9.93. The van der Waals surface area contributed by atoms with Crippen LogP contribution < -0.4 is 0 Å². The van der Waals surface area contributed by atoms with E-state index in [1.54, 1.807) is 12.5 Å². The summed E-state index contributed by atoms with van der Waals surface area (Å²) in [4.78, 5) is 0. The van der Waals surface area contributed by atoms with Gasteiger partial charge in [0.2, 0.25) is 0 Å². The first kappa shape index (κ1) is 12.7. The third-order valence-corrected chi connectivity index (χ3v) is 3.72. The molecule has 106 valence electrons. The van der Waals surface area contributed by atoms with Gasteiger partial charge in [0.1, 0.15) is 11.5 Å². The van der Waals surface area contributed by atoms with E-state index in [2.05, 4.69) is 24.3 Å². The molecule has 0 aliphatic heterocycles. The van der Waals surface area contributed by atoms with Gasteiger partial charge in [0.05, 0.1) is 12.5 Å². The van der Waals surface area contributed by atoms with Crippen molar-refractivity contribution in [2.45, 2.75) is 0 Å². The lowest BCUT2D eigenvalue weighted by Crippen LogP contribution is -1.87. The van der Waals surface area contributed by atoms with E-state index in [-0.39, 0.29) is 0 Å². The molecule has 4 aromatic rings. The molecule has 2 nitrogen and oxygen atoms in total. The fourth-order valence-corrected chi connectivity index (χ4v) is 2.73. The Morgan fingerprint density at radius 1 is 0.409 bits per heavy atom. The van der Waals surface area contributed by atoms with Crippen LogP contribution in [0.25, 0.3) is 33.8 Å². The predicted octanol–water partition coefficient (Wildman–Crippen LogP) is 5.87. The van der Waals surface area contributed by atoms with Gasteiger partial charge >= 0.3 is 0 Å². The fourth-order valence-electron chi connectivity index (χ4n) is 2.73. The van der Waals surface area contributed by atoms with Crippen LogP contribution in [0.3, 0.4) is 0 Å². The first-order valence-corrected chi connectivity index (χ1v) is 7.20. The van der Waals surface area contributed by atoms with Crippen LogP contribution >= 0.6 is 0 Å². The van der Waals surface area contributed by atoms with Crippen molar-refractivity contribution in [2.75, 3.05) is 0 Å². The topological polar surface area (TPSA) is 26.3 Å². The van der Waals surface area contributed by atoms with E-state index in [1.807, 2.05) is 48.5 Å². The van der Waals surface area contributed by atoms with E-state index in [9.17, 15) is 0 Å². The zero-order valence-corrected chi connectivity index (χ0v) is 11.9. The maximum absolute atomic E-state index is 5.59. The van der Waals surface area contributed by atoms with Crippen LogP contribution in [0.5, 0.6) is 0 Å². The molecule has 0 atom stereocenters. The second-order valence-corrected chi connectivity index (χ2v) is 5.05. The normalized spacial score (nSPS) is 10.7. The maximum Gasteiger partial charge on any atom is 0.134 e. The van der Waals surface area contributed by atoms with Crippen LogP contribution in [0.2, 0.25) is 0 Å². The van der Waals surface area contributed by atoms with Gasteiger partial charge in [-0.3, -0.25) is 0 Å². The number of furan rings is 2. The summed E-state index contributed by atoms with van der Waals surface area (Å²) in [6.45, 7) is 0. The molecular weight excluding hydrogens is 272 g/mol. The first-order valence-electron chi connectivity index (χ1n) is 7.20. The van der Waals surface area contributed by atoms with Gasteiger partial charge in [-0.15, -0.1) is 0 Å². The molecule has 0 bridgehead atoms. The average molecular weight is 286 g/mol. The highest BCUT2D eigenvalue weighted by molar-refractivity contribution is 5.89. The largest absolute Gasteiger partial charge is 0.464 e. The fraction of sp³-hybridized carbons (Fsp3) is 0. The Balaban J connectivity index is 1.95. The molecule has 0 saturated heterocycles. The van der Waals surface area contributed by atoms with Crippen molar-refractivity contribution < 1.29 is 8.83 Å². The molecule has 0 radical (unpaired) electrons. The van der Waals surface area contributed by atoms with Gasteiger partial charge in [-0.2, -0.15) is 0 Å². The first-order chi connectivity index (χ1) is 10.9. The number of hydrogen-bond acceptors (Lipinski definition) is 2. The van der Waals surface area contributed by atoms with Crippen molar-refractivity contribution in [3.05, 3.63) is 85.3 Å². The number of benzene rings is 2. The molecule has 0 aliphatic rings. The Kier molecular flexibility index (Phi) is 3.13. The SMILES string of the molecule is c1coc(-c2ccccc2-c2ccccc2-c2ccco2)c1. The smallest absolute Gasteiger partial charge is 0.134 e. The molecule has 0 N–H and O–H groups in total. The monoisotopic (exact) mass is 286 g/mol. The van der Waals surface area contributed by atoms with Crippen LogP contribution in [0.4, 0.5) is 0 Å². The number of rotatable bonds is 3. The molecule has 4 rings (SSSR count). The summed E-state index contributed by atoms with van der Waals surface area (Å²) in [5.74, 6) is 1.73. The van der Waals surface area contributed by atoms with Crippen molar-refractivity contribution in [1.82, 2.24) is 0 Å². The van der Waals surface area contributed by atoms with E-state index in [1.165, 1.54) is 0 Å². The molecule has 2 heterocycles. The van der Waals surface area contributed by atoms with E-state index in [4.69, 9.17) is 8.83 Å². The molecule has 0 spiro atoms. The molecule has 0 amide bonds. The summed E-state index contributed by atoms with van der Waals surface area (Å²) in [5.41, 5.74) is 4.41. The predicted molar refractivity (Wildman–Crippen MR) is 87.3 cm³/mol. The standard InChI is InChI=1S/C20H14O2/c1-3-9-17(19-11-5-13-21-19)15(7-1)16-8-2-4-10-18(16)20-12-6-14-22-20/h1-14H. The molecular formula is C20H14O2. The van der Waals surface area contributed by atoms with Crippen molar-refractivity contribution >= 4 is 0 Å². The Morgan fingerprint density at radius 3 is 1.18 bits per heavy atom. The molecule has 0 aliphatic carbocycles. The van der Waals surface area contributed by atoms with Crippen LogP contribution in [-0.4, -0.2) is 0 Å². The minimum Gasteiger partial charge on any atom is -0.464 e. The van der Waals surface area contributed by atoms with Gasteiger partial charge in [0, 0.05) is 11.1 Å². The van der Waals surface area contributed by atoms with Gasteiger partial charge in [-0.1, -0.05) is 48.5 Å². The zero-order chi connectivity index (χ0) is 14.8. The zero-order valence-electron chi connectivity index (χ0n) is 11.9. The molecule has 2 aromatic carbocycles. The molecule has 0 unspecified atom stereocenters. The molecule has 2 aromatic heterocycles. The summed E-state index contributed by atoms with van der Waals surface area (Å²) < 4.78 is 11.2. The Hall–Kier alpha value is -3.00. The Labute approximate surface area is 128 Å². The quantitative estimate of drug-likeness (QED) is 0.470. The third kappa shape index (κ3) is 2.15. The van der Waals surface area contributed by atoms with E-state index >= 15 is 0 Å². The van der Waals surface area contributed by atoms with Crippen molar-refractivity contribution in [3.8, 4) is 33.8 Å². The highest BCUT2D eigenvalue weighted by Gasteiger charge is 2.14. The highest BCUT2D eigenvalue weighted by Crippen LogP contribution is 2.38. The summed E-state index contributed by atoms with van der Waals surface area (Å²) in [6, 6.07) is 24.3. The average Bonchev–Trinajstić information content (AvgIpc) is 3.28. The Bertz CT molecular complexity index is 796. The van der Waals surface area contributed by atoms with Crippen LogP contribution in [-0.2, 0) is 0 Å². The maximum atomic E-state index is 5.59. The molecule has 0 saturated carbocycles. The van der Waals surface area contributed by atoms with E-state index in [0.29, 0.717) is 0 Å².